The van der Waals surface area contributed by atoms with E-state index >= 15 is 0 Å². The van der Waals surface area contributed by atoms with Crippen LogP contribution in [0.1, 0.15) is 41.7 Å². The zero-order valence-electron chi connectivity index (χ0n) is 5.99. The lowest BCUT2D eigenvalue weighted by Crippen LogP contribution is -2.10. The molecule has 0 unspecified atom stereocenters. The van der Waals surface area contributed by atoms with Crippen molar-refractivity contribution in [3.63, 3.8) is 0 Å². The molecule has 0 spiro atoms. The van der Waals surface area contributed by atoms with Crippen LogP contribution >= 0.6 is 0 Å². The molecule has 1 heterocycles. The van der Waals surface area contributed by atoms with Crippen LogP contribution < -0.4 is 0 Å². The van der Waals surface area contributed by atoms with Crippen molar-refractivity contribution in [2.45, 2.75) is 25.2 Å². The maximum absolute atomic E-state index is 10.2. The van der Waals surface area contributed by atoms with Crippen LogP contribution in [0.2, 0.25) is 0 Å². The number of hydrogen-bond acceptors (Lipinski definition) is 4. The lowest BCUT2D eigenvalue weighted by Gasteiger charge is -2.20. The summed E-state index contributed by atoms with van der Waals surface area (Å²) >= 11 is 0. The molecule has 4 nitrogen and oxygen atoms in total. The van der Waals surface area contributed by atoms with Gasteiger partial charge in [-0.2, -0.15) is 4.98 Å². The summed E-state index contributed by atoms with van der Waals surface area (Å²) in [6.45, 7) is 0. The van der Waals surface area contributed by atoms with E-state index in [4.69, 9.17) is 0 Å². The molecule has 1 aliphatic carbocycles. The minimum Gasteiger partial charge on any atom is -0.331 e. The van der Waals surface area contributed by atoms with Gasteiger partial charge in [0.1, 0.15) is 0 Å². The highest BCUT2D eigenvalue weighted by atomic mass is 16.5. The molecule has 1 fully saturated rings. The molecule has 0 N–H and O–H groups in total. The number of hydrogen-bond donors (Lipinski definition) is 0. The van der Waals surface area contributed by atoms with E-state index in [9.17, 15) is 4.79 Å². The minimum atomic E-state index is 0.0897. The highest BCUT2D eigenvalue weighted by Crippen LogP contribution is 2.34. The Morgan fingerprint density at radius 1 is 1.55 bits per heavy atom. The van der Waals surface area contributed by atoms with Crippen LogP contribution in [0.25, 0.3) is 0 Å². The Morgan fingerprint density at radius 2 is 2.36 bits per heavy atom. The molecule has 11 heavy (non-hydrogen) atoms. The van der Waals surface area contributed by atoms with Crippen molar-refractivity contribution in [3.05, 3.63) is 11.7 Å². The number of aromatic nitrogens is 2. The zero-order chi connectivity index (χ0) is 7.68. The standard InChI is InChI=1S/C7H8N2O2/c10-4-6-8-7(9-11-6)5-2-1-3-5/h4-5H,1-3H2. The second-order valence-corrected chi connectivity index (χ2v) is 2.74. The van der Waals surface area contributed by atoms with Gasteiger partial charge in [-0.15, -0.1) is 0 Å². The molecular weight excluding hydrogens is 144 g/mol. The molecule has 0 saturated heterocycles. The van der Waals surface area contributed by atoms with Gasteiger partial charge in [0, 0.05) is 5.92 Å². The van der Waals surface area contributed by atoms with E-state index < -0.39 is 0 Å². The summed E-state index contributed by atoms with van der Waals surface area (Å²) in [5.41, 5.74) is 0. The number of aldehydes is 1. The van der Waals surface area contributed by atoms with E-state index in [1.807, 2.05) is 0 Å². The molecule has 1 aromatic heterocycles. The third-order valence-corrected chi connectivity index (χ3v) is 2.03. The molecule has 0 aromatic carbocycles. The summed E-state index contributed by atoms with van der Waals surface area (Å²) in [4.78, 5) is 14.1. The predicted molar refractivity (Wildman–Crippen MR) is 36.3 cm³/mol. The summed E-state index contributed by atoms with van der Waals surface area (Å²) in [5.74, 6) is 1.22. The van der Waals surface area contributed by atoms with E-state index in [2.05, 4.69) is 14.7 Å². The van der Waals surface area contributed by atoms with Gasteiger partial charge in [0.05, 0.1) is 0 Å². The van der Waals surface area contributed by atoms with Gasteiger partial charge >= 0.3 is 0 Å². The van der Waals surface area contributed by atoms with Crippen LogP contribution in [-0.2, 0) is 0 Å². The molecule has 0 radical (unpaired) electrons. The smallest absolute Gasteiger partial charge is 0.290 e. The fraction of sp³-hybridized carbons (Fsp3) is 0.571. The number of carbonyl (C=O) groups is 1. The van der Waals surface area contributed by atoms with Crippen molar-refractivity contribution in [3.8, 4) is 0 Å². The van der Waals surface area contributed by atoms with E-state index in [-0.39, 0.29) is 5.89 Å². The highest BCUT2D eigenvalue weighted by Gasteiger charge is 2.24. The molecule has 1 aliphatic rings. The van der Waals surface area contributed by atoms with Gasteiger partial charge in [0.25, 0.3) is 5.89 Å². The molecule has 0 aliphatic heterocycles. The van der Waals surface area contributed by atoms with Crippen LogP contribution in [0.3, 0.4) is 0 Å². The van der Waals surface area contributed by atoms with E-state index in [1.165, 1.54) is 6.42 Å². The molecule has 4 heteroatoms. The summed E-state index contributed by atoms with van der Waals surface area (Å²) in [6.07, 6.45) is 4.06. The Bertz CT molecular complexity index is 265. The zero-order valence-corrected chi connectivity index (χ0v) is 5.99. The van der Waals surface area contributed by atoms with Crippen molar-refractivity contribution < 1.29 is 9.32 Å². The lowest BCUT2D eigenvalue weighted by molar-refractivity contribution is 0.108. The van der Waals surface area contributed by atoms with E-state index in [1.54, 1.807) is 0 Å². The fourth-order valence-electron chi connectivity index (χ4n) is 1.13. The topological polar surface area (TPSA) is 56.0 Å². The van der Waals surface area contributed by atoms with Crippen LogP contribution in [0.4, 0.5) is 0 Å². The van der Waals surface area contributed by atoms with Gasteiger partial charge in [0.15, 0.2) is 5.82 Å². The van der Waals surface area contributed by atoms with Gasteiger partial charge in [-0.25, -0.2) is 0 Å². The van der Waals surface area contributed by atoms with Gasteiger partial charge in [-0.05, 0) is 12.8 Å². The largest absolute Gasteiger partial charge is 0.331 e. The van der Waals surface area contributed by atoms with Gasteiger partial charge in [-0.1, -0.05) is 11.6 Å². The maximum atomic E-state index is 10.2. The first-order valence-corrected chi connectivity index (χ1v) is 3.69. The Hall–Kier alpha value is -1.19. The normalized spacial score (nSPS) is 17.8. The second kappa shape index (κ2) is 2.45. The number of carbonyl (C=O) groups excluding carboxylic acids is 1. The van der Waals surface area contributed by atoms with E-state index in [0.29, 0.717) is 18.0 Å². The Morgan fingerprint density at radius 3 is 2.82 bits per heavy atom. The number of rotatable bonds is 2. The van der Waals surface area contributed by atoms with E-state index in [0.717, 1.165) is 12.8 Å². The fourth-order valence-corrected chi connectivity index (χ4v) is 1.13. The molecular formula is C7H8N2O2. The monoisotopic (exact) mass is 152 g/mol. The molecule has 2 rings (SSSR count). The van der Waals surface area contributed by atoms with Crippen molar-refractivity contribution in [2.24, 2.45) is 0 Å². The molecule has 0 amide bonds. The SMILES string of the molecule is O=Cc1nc(C2CCC2)no1. The van der Waals surface area contributed by atoms with Crippen molar-refractivity contribution >= 4 is 6.29 Å². The molecule has 0 bridgehead atoms. The van der Waals surface area contributed by atoms with Gasteiger partial charge < -0.3 is 4.52 Å². The molecule has 58 valence electrons. The molecule has 1 saturated carbocycles. The third kappa shape index (κ3) is 1.04. The first-order chi connectivity index (χ1) is 5.40. The van der Waals surface area contributed by atoms with Gasteiger partial charge in [0.2, 0.25) is 6.29 Å². The van der Waals surface area contributed by atoms with Crippen molar-refractivity contribution in [1.29, 1.82) is 0 Å². The van der Waals surface area contributed by atoms with Crippen LogP contribution in [0, 0.1) is 0 Å². The minimum absolute atomic E-state index is 0.0897. The number of nitrogens with zero attached hydrogens (tertiary/aromatic N) is 2. The van der Waals surface area contributed by atoms with Gasteiger partial charge in [-0.3, -0.25) is 4.79 Å². The lowest BCUT2D eigenvalue weighted by atomic mass is 9.85. The predicted octanol–water partition coefficient (Wildman–Crippen LogP) is 1.15. The Labute approximate surface area is 63.6 Å². The average Bonchev–Trinajstić information content (AvgIpc) is 2.32. The molecule has 0 atom stereocenters. The highest BCUT2D eigenvalue weighted by molar-refractivity contribution is 5.66. The quantitative estimate of drug-likeness (QED) is 0.596. The first-order valence-electron chi connectivity index (χ1n) is 3.69. The summed E-state index contributed by atoms with van der Waals surface area (Å²) < 4.78 is 4.64. The first kappa shape index (κ1) is 6.52. The Balaban J connectivity index is 2.17. The average molecular weight is 152 g/mol. The second-order valence-electron chi connectivity index (χ2n) is 2.74. The molecule has 1 aromatic rings. The summed E-state index contributed by atoms with van der Waals surface area (Å²) in [6, 6.07) is 0. The van der Waals surface area contributed by atoms with Crippen LogP contribution in [-0.4, -0.2) is 16.4 Å². The third-order valence-electron chi connectivity index (χ3n) is 2.03. The maximum Gasteiger partial charge on any atom is 0.290 e. The van der Waals surface area contributed by atoms with Crippen molar-refractivity contribution in [1.82, 2.24) is 10.1 Å². The Kier molecular flexibility index (Phi) is 1.45. The van der Waals surface area contributed by atoms with Crippen LogP contribution in [0.15, 0.2) is 4.52 Å². The van der Waals surface area contributed by atoms with Crippen LogP contribution in [0.5, 0.6) is 0 Å². The summed E-state index contributed by atoms with van der Waals surface area (Å²) in [7, 11) is 0. The summed E-state index contributed by atoms with van der Waals surface area (Å²) in [5, 5.41) is 3.69. The van der Waals surface area contributed by atoms with Crippen molar-refractivity contribution in [2.75, 3.05) is 0 Å².